The van der Waals surface area contributed by atoms with Gasteiger partial charge in [0.05, 0.1) is 0 Å². The van der Waals surface area contributed by atoms with Crippen LogP contribution in [0.25, 0.3) is 0 Å². The molecule has 1 aliphatic rings. The molecule has 4 nitrogen and oxygen atoms in total. The highest BCUT2D eigenvalue weighted by Gasteiger charge is 2.14. The lowest BCUT2D eigenvalue weighted by atomic mass is 10.1. The van der Waals surface area contributed by atoms with Crippen molar-refractivity contribution in [2.75, 3.05) is 20.3 Å². The number of rotatable bonds is 1. The molecule has 2 amide bonds. The summed E-state index contributed by atoms with van der Waals surface area (Å²) in [7, 11) is 1.62. The van der Waals surface area contributed by atoms with E-state index in [-0.39, 0.29) is 8.88 Å². The molecule has 0 aromatic carbocycles. The van der Waals surface area contributed by atoms with Gasteiger partial charge < -0.3 is 15.4 Å². The number of nitrogens with one attached hydrogen (secondary N) is 2. The number of carbonyl (C=O) groups excluding carboxylic acids is 1. The second kappa shape index (κ2) is 4.18. The Kier molecular flexibility index (Phi) is 3.16. The summed E-state index contributed by atoms with van der Waals surface area (Å²) in [6, 6.07) is 0.195. The molecule has 4 heteroatoms. The van der Waals surface area contributed by atoms with E-state index in [9.17, 15) is 4.79 Å². The minimum atomic E-state index is -0.100. The van der Waals surface area contributed by atoms with Crippen molar-refractivity contribution in [2.45, 2.75) is 18.9 Å². The Balaban J connectivity index is 0. The molecule has 1 fully saturated rings. The van der Waals surface area contributed by atoms with Crippen molar-refractivity contribution in [1.29, 1.82) is 0 Å². The Bertz CT molecular complexity index is 140. The molecule has 0 aromatic heterocycles. The van der Waals surface area contributed by atoms with Crippen molar-refractivity contribution in [3.8, 4) is 0 Å². The van der Waals surface area contributed by atoms with Gasteiger partial charge in [0.1, 0.15) is 0 Å². The van der Waals surface area contributed by atoms with Gasteiger partial charge in [-0.3, -0.25) is 0 Å². The zero-order chi connectivity index (χ0) is 8.10. The Morgan fingerprint density at radius 2 is 2.18 bits per heavy atom. The minimum absolute atomic E-state index is 0. The summed E-state index contributed by atoms with van der Waals surface area (Å²) in [6.07, 6.45) is 1.85. The van der Waals surface area contributed by atoms with Crippen molar-refractivity contribution in [1.82, 2.24) is 10.6 Å². The van der Waals surface area contributed by atoms with E-state index in [1.54, 1.807) is 7.05 Å². The van der Waals surface area contributed by atoms with Crippen LogP contribution in [0.1, 0.15) is 15.7 Å². The third kappa shape index (κ3) is 2.76. The average molecular weight is 162 g/mol. The van der Waals surface area contributed by atoms with E-state index in [2.05, 4.69) is 10.6 Å². The molecule has 0 spiro atoms. The largest absolute Gasteiger partial charge is 0.381 e. The van der Waals surface area contributed by atoms with E-state index in [4.69, 9.17) is 4.74 Å². The fourth-order valence-corrected chi connectivity index (χ4v) is 1.10. The minimum Gasteiger partial charge on any atom is -0.381 e. The van der Waals surface area contributed by atoms with E-state index in [0.29, 0.717) is 6.04 Å². The normalized spacial score (nSPS) is 19.4. The summed E-state index contributed by atoms with van der Waals surface area (Å²) >= 11 is 0. The monoisotopic (exact) mass is 162 g/mol. The number of amides is 2. The van der Waals surface area contributed by atoms with Crippen molar-refractivity contribution < 1.29 is 12.4 Å². The number of carbonyl (C=O) groups is 1. The average Bonchev–Trinajstić information content (AvgIpc) is 2.06. The summed E-state index contributed by atoms with van der Waals surface area (Å²) in [5.74, 6) is 0. The molecule has 0 aliphatic carbocycles. The van der Waals surface area contributed by atoms with Crippen LogP contribution in [0.2, 0.25) is 0 Å². The smallest absolute Gasteiger partial charge is 0.314 e. The molecule has 1 saturated heterocycles. The molecular formula is C7H18N2O2. The lowest BCUT2D eigenvalue weighted by molar-refractivity contribution is 0.0802. The Labute approximate surface area is 69.3 Å². The first-order valence-corrected chi connectivity index (χ1v) is 3.89. The highest BCUT2D eigenvalue weighted by molar-refractivity contribution is 5.73. The molecule has 68 valence electrons. The van der Waals surface area contributed by atoms with Gasteiger partial charge in [0.25, 0.3) is 0 Å². The van der Waals surface area contributed by atoms with Gasteiger partial charge in [-0.1, -0.05) is 0 Å². The zero-order valence-electron chi connectivity index (χ0n) is 6.72. The molecule has 1 aliphatic heterocycles. The van der Waals surface area contributed by atoms with Crippen LogP contribution < -0.4 is 10.6 Å². The van der Waals surface area contributed by atoms with Gasteiger partial charge in [-0.2, -0.15) is 0 Å². The fraction of sp³-hybridized carbons (Fsp3) is 0.857. The Morgan fingerprint density at radius 1 is 1.55 bits per heavy atom. The standard InChI is InChI=1S/C7H14N2O2.2H2/c1-8-7(10)9-6-2-4-11-5-3-6;;/h6H,2-5H2,1H3,(H2,8,9,10);2*1H. The quantitative estimate of drug-likeness (QED) is 0.592. The third-order valence-corrected chi connectivity index (χ3v) is 1.78. The second-order valence-corrected chi connectivity index (χ2v) is 2.61. The molecule has 0 saturated carbocycles. The maximum atomic E-state index is 10.8. The molecule has 0 bridgehead atoms. The lowest BCUT2D eigenvalue weighted by Crippen LogP contribution is -2.43. The molecule has 2 N–H and O–H groups in total. The highest BCUT2D eigenvalue weighted by Crippen LogP contribution is 2.05. The molecular weight excluding hydrogens is 144 g/mol. The lowest BCUT2D eigenvalue weighted by Gasteiger charge is -2.22. The predicted molar refractivity (Wildman–Crippen MR) is 45.7 cm³/mol. The summed E-state index contributed by atoms with van der Waals surface area (Å²) in [6.45, 7) is 1.52. The summed E-state index contributed by atoms with van der Waals surface area (Å²) < 4.78 is 5.14. The summed E-state index contributed by atoms with van der Waals surface area (Å²) in [5.41, 5.74) is 0. The van der Waals surface area contributed by atoms with Gasteiger partial charge in [0.15, 0.2) is 0 Å². The van der Waals surface area contributed by atoms with E-state index in [1.165, 1.54) is 0 Å². The third-order valence-electron chi connectivity index (χ3n) is 1.78. The first-order chi connectivity index (χ1) is 5.33. The predicted octanol–water partition coefficient (Wildman–Crippen LogP) is 0.586. The molecule has 0 aromatic rings. The van der Waals surface area contributed by atoms with Crippen molar-refractivity contribution >= 4 is 6.03 Å². The number of ether oxygens (including phenoxy) is 1. The summed E-state index contributed by atoms with van der Waals surface area (Å²) in [5, 5.41) is 5.36. The molecule has 0 radical (unpaired) electrons. The van der Waals surface area contributed by atoms with Gasteiger partial charge in [0.2, 0.25) is 0 Å². The van der Waals surface area contributed by atoms with Gasteiger partial charge in [-0.15, -0.1) is 0 Å². The Morgan fingerprint density at radius 3 is 2.73 bits per heavy atom. The van der Waals surface area contributed by atoms with Crippen LogP contribution in [-0.4, -0.2) is 32.3 Å². The first kappa shape index (κ1) is 8.33. The maximum absolute atomic E-state index is 10.8. The van der Waals surface area contributed by atoms with Crippen LogP contribution in [0.3, 0.4) is 0 Å². The van der Waals surface area contributed by atoms with Gasteiger partial charge in [0, 0.05) is 29.2 Å². The SMILES string of the molecule is CNC(=O)NC1CCOCC1.[HH].[HH]. The van der Waals surface area contributed by atoms with Gasteiger partial charge in [-0.25, -0.2) is 4.79 Å². The zero-order valence-corrected chi connectivity index (χ0v) is 6.72. The van der Waals surface area contributed by atoms with Crippen LogP contribution >= 0.6 is 0 Å². The summed E-state index contributed by atoms with van der Waals surface area (Å²) in [4.78, 5) is 10.8. The van der Waals surface area contributed by atoms with Crippen molar-refractivity contribution in [2.24, 2.45) is 0 Å². The molecule has 1 heterocycles. The van der Waals surface area contributed by atoms with Crippen LogP contribution in [0, 0.1) is 0 Å². The van der Waals surface area contributed by atoms with E-state index in [0.717, 1.165) is 26.1 Å². The number of hydrogen-bond acceptors (Lipinski definition) is 2. The van der Waals surface area contributed by atoms with E-state index in [1.807, 2.05) is 0 Å². The topological polar surface area (TPSA) is 50.4 Å². The van der Waals surface area contributed by atoms with Crippen molar-refractivity contribution in [3.63, 3.8) is 0 Å². The molecule has 0 unspecified atom stereocenters. The van der Waals surface area contributed by atoms with E-state index < -0.39 is 0 Å². The van der Waals surface area contributed by atoms with Crippen LogP contribution in [0.4, 0.5) is 4.79 Å². The van der Waals surface area contributed by atoms with Gasteiger partial charge >= 0.3 is 6.03 Å². The van der Waals surface area contributed by atoms with E-state index >= 15 is 0 Å². The van der Waals surface area contributed by atoms with Crippen LogP contribution in [0.15, 0.2) is 0 Å². The highest BCUT2D eigenvalue weighted by atomic mass is 16.5. The van der Waals surface area contributed by atoms with Crippen molar-refractivity contribution in [3.05, 3.63) is 0 Å². The molecule has 1 rings (SSSR count). The molecule has 0 atom stereocenters. The van der Waals surface area contributed by atoms with Crippen LogP contribution in [0.5, 0.6) is 0 Å². The number of hydrogen-bond donors (Lipinski definition) is 2. The second-order valence-electron chi connectivity index (χ2n) is 2.61. The fourth-order valence-electron chi connectivity index (χ4n) is 1.10. The number of urea groups is 1. The maximum Gasteiger partial charge on any atom is 0.314 e. The molecule has 11 heavy (non-hydrogen) atoms. The first-order valence-electron chi connectivity index (χ1n) is 3.89. The van der Waals surface area contributed by atoms with Crippen LogP contribution in [-0.2, 0) is 4.74 Å². The Hall–Kier alpha value is -0.770. The van der Waals surface area contributed by atoms with Gasteiger partial charge in [-0.05, 0) is 12.8 Å².